The average molecular weight is 263 g/mol. The lowest BCUT2D eigenvalue weighted by Crippen LogP contribution is -2.47. The van der Waals surface area contributed by atoms with Crippen LogP contribution in [0.5, 0.6) is 0 Å². The van der Waals surface area contributed by atoms with Crippen LogP contribution in [-0.2, 0) is 0 Å². The molecular weight excluding hydrogens is 238 g/mol. The average Bonchev–Trinajstić information content (AvgIpc) is 2.44. The van der Waals surface area contributed by atoms with Crippen LogP contribution >= 0.6 is 0 Å². The van der Waals surface area contributed by atoms with Crippen molar-refractivity contribution in [3.8, 4) is 0 Å². The number of amides is 1. The van der Waals surface area contributed by atoms with Crippen LogP contribution in [0.2, 0.25) is 0 Å². The van der Waals surface area contributed by atoms with Gasteiger partial charge in [-0.15, -0.1) is 0 Å². The summed E-state index contributed by atoms with van der Waals surface area (Å²) in [5.41, 5.74) is 2.20. The van der Waals surface area contributed by atoms with E-state index in [1.807, 2.05) is 20.0 Å². The number of nitrogens with one attached hydrogen (secondary N) is 2. The van der Waals surface area contributed by atoms with Crippen molar-refractivity contribution < 1.29 is 4.79 Å². The van der Waals surface area contributed by atoms with E-state index in [1.54, 1.807) is 6.20 Å². The van der Waals surface area contributed by atoms with E-state index in [1.165, 1.54) is 0 Å². The maximum atomic E-state index is 12.4. The summed E-state index contributed by atoms with van der Waals surface area (Å²) < 4.78 is 0. The Balaban J connectivity index is 3.01. The predicted octanol–water partition coefficient (Wildman–Crippen LogP) is 3.13. The van der Waals surface area contributed by atoms with Gasteiger partial charge in [0.25, 0.3) is 5.91 Å². The Morgan fingerprint density at radius 1 is 1.26 bits per heavy atom. The van der Waals surface area contributed by atoms with Gasteiger partial charge in [-0.1, -0.05) is 20.8 Å². The first kappa shape index (κ1) is 15.5. The monoisotopic (exact) mass is 263 g/mol. The first-order valence-electron chi connectivity index (χ1n) is 6.98. The number of carbonyl (C=O) groups excluding carboxylic acids is 1. The van der Waals surface area contributed by atoms with E-state index < -0.39 is 0 Å². The molecule has 1 heterocycles. The van der Waals surface area contributed by atoms with Crippen LogP contribution in [0.25, 0.3) is 0 Å². The van der Waals surface area contributed by atoms with Gasteiger partial charge in [0.2, 0.25) is 0 Å². The van der Waals surface area contributed by atoms with Crippen molar-refractivity contribution in [3.05, 3.63) is 23.5 Å². The number of carbonyl (C=O) groups is 1. The van der Waals surface area contributed by atoms with Gasteiger partial charge < -0.3 is 10.6 Å². The quantitative estimate of drug-likeness (QED) is 0.829. The number of hydrogen-bond acceptors (Lipinski definition) is 3. The van der Waals surface area contributed by atoms with Crippen LogP contribution < -0.4 is 10.6 Å². The van der Waals surface area contributed by atoms with Crippen molar-refractivity contribution in [1.29, 1.82) is 0 Å². The number of aryl methyl sites for hydroxylation is 1. The summed E-state index contributed by atoms with van der Waals surface area (Å²) in [5.74, 6) is -0.0533. The summed E-state index contributed by atoms with van der Waals surface area (Å²) >= 11 is 0. The fraction of sp³-hybridized carbons (Fsp3) is 0.600. The highest BCUT2D eigenvalue weighted by molar-refractivity contribution is 5.99. The minimum atomic E-state index is -0.118. The summed E-state index contributed by atoms with van der Waals surface area (Å²) in [6.07, 6.45) is 4.43. The van der Waals surface area contributed by atoms with Gasteiger partial charge in [-0.25, -0.2) is 0 Å². The smallest absolute Gasteiger partial charge is 0.255 e. The molecule has 0 fully saturated rings. The number of pyridine rings is 1. The van der Waals surface area contributed by atoms with E-state index in [0.29, 0.717) is 5.56 Å². The third kappa shape index (κ3) is 3.46. The Morgan fingerprint density at radius 3 is 2.32 bits per heavy atom. The second-order valence-electron chi connectivity index (χ2n) is 4.92. The van der Waals surface area contributed by atoms with Gasteiger partial charge in [-0.2, -0.15) is 0 Å². The van der Waals surface area contributed by atoms with E-state index >= 15 is 0 Å². The Kier molecular flexibility index (Phi) is 5.33. The van der Waals surface area contributed by atoms with E-state index in [9.17, 15) is 4.79 Å². The van der Waals surface area contributed by atoms with Gasteiger partial charge in [0.1, 0.15) is 0 Å². The van der Waals surface area contributed by atoms with Crippen molar-refractivity contribution in [2.45, 2.75) is 52.5 Å². The molecule has 0 aliphatic carbocycles. The summed E-state index contributed by atoms with van der Waals surface area (Å²) in [5, 5.41) is 6.23. The largest absolute Gasteiger partial charge is 0.387 e. The highest BCUT2D eigenvalue weighted by Gasteiger charge is 2.27. The number of hydrogen-bond donors (Lipinski definition) is 2. The van der Waals surface area contributed by atoms with Gasteiger partial charge >= 0.3 is 0 Å². The highest BCUT2D eigenvalue weighted by Crippen LogP contribution is 2.22. The summed E-state index contributed by atoms with van der Waals surface area (Å²) in [6.45, 7) is 8.25. The first-order valence-corrected chi connectivity index (χ1v) is 6.98. The van der Waals surface area contributed by atoms with Crippen LogP contribution in [0.15, 0.2) is 12.3 Å². The standard InChI is InChI=1S/C15H25N3O/c1-6-15(7-2,8-3)18-14(19)12-10-17-11(4)9-13(12)16-5/h9-10H,6-8H2,1-5H3,(H,16,17)(H,18,19). The minimum absolute atomic E-state index is 0.0533. The third-order valence-corrected chi connectivity index (χ3v) is 3.96. The Hall–Kier alpha value is -1.58. The summed E-state index contributed by atoms with van der Waals surface area (Å²) in [6, 6.07) is 1.89. The van der Waals surface area contributed by atoms with Crippen molar-refractivity contribution in [1.82, 2.24) is 10.3 Å². The van der Waals surface area contributed by atoms with Crippen molar-refractivity contribution in [2.24, 2.45) is 0 Å². The molecule has 106 valence electrons. The number of aromatic nitrogens is 1. The van der Waals surface area contributed by atoms with Crippen molar-refractivity contribution >= 4 is 11.6 Å². The molecule has 0 aromatic carbocycles. The summed E-state index contributed by atoms with van der Waals surface area (Å²) in [4.78, 5) is 16.7. The van der Waals surface area contributed by atoms with Crippen LogP contribution in [0.4, 0.5) is 5.69 Å². The summed E-state index contributed by atoms with van der Waals surface area (Å²) in [7, 11) is 1.82. The van der Waals surface area contributed by atoms with Crippen LogP contribution in [0, 0.1) is 6.92 Å². The fourth-order valence-corrected chi connectivity index (χ4v) is 2.27. The van der Waals surface area contributed by atoms with Gasteiger partial charge in [0.15, 0.2) is 0 Å². The van der Waals surface area contributed by atoms with Crippen molar-refractivity contribution in [2.75, 3.05) is 12.4 Å². The molecule has 0 radical (unpaired) electrons. The Morgan fingerprint density at radius 2 is 1.84 bits per heavy atom. The fourth-order valence-electron chi connectivity index (χ4n) is 2.27. The maximum Gasteiger partial charge on any atom is 0.255 e. The third-order valence-electron chi connectivity index (χ3n) is 3.96. The molecule has 1 aromatic rings. The van der Waals surface area contributed by atoms with Gasteiger partial charge in [0.05, 0.1) is 11.3 Å². The predicted molar refractivity (Wildman–Crippen MR) is 79.6 cm³/mol. The Bertz CT molecular complexity index is 431. The molecule has 0 saturated carbocycles. The van der Waals surface area contributed by atoms with E-state index in [0.717, 1.165) is 30.6 Å². The number of nitrogens with zero attached hydrogens (tertiary/aromatic N) is 1. The molecule has 0 spiro atoms. The lowest BCUT2D eigenvalue weighted by Gasteiger charge is -2.32. The number of anilines is 1. The molecule has 19 heavy (non-hydrogen) atoms. The first-order chi connectivity index (χ1) is 9.01. The topological polar surface area (TPSA) is 54.0 Å². The second-order valence-corrected chi connectivity index (χ2v) is 4.92. The molecule has 2 N–H and O–H groups in total. The van der Waals surface area contributed by atoms with Gasteiger partial charge in [0, 0.05) is 24.5 Å². The zero-order valence-corrected chi connectivity index (χ0v) is 12.6. The lowest BCUT2D eigenvalue weighted by atomic mass is 9.89. The highest BCUT2D eigenvalue weighted by atomic mass is 16.1. The molecule has 1 amide bonds. The minimum Gasteiger partial charge on any atom is -0.387 e. The molecule has 1 rings (SSSR count). The molecule has 0 atom stereocenters. The molecular formula is C15H25N3O. The molecule has 0 unspecified atom stereocenters. The van der Waals surface area contributed by atoms with Crippen LogP contribution in [-0.4, -0.2) is 23.5 Å². The van der Waals surface area contributed by atoms with Gasteiger partial charge in [-0.3, -0.25) is 9.78 Å². The molecule has 0 bridgehead atoms. The molecule has 4 nitrogen and oxygen atoms in total. The lowest BCUT2D eigenvalue weighted by molar-refractivity contribution is 0.0888. The molecule has 0 aliphatic rings. The molecule has 1 aromatic heterocycles. The van der Waals surface area contributed by atoms with Crippen molar-refractivity contribution in [3.63, 3.8) is 0 Å². The Labute approximate surface area is 116 Å². The maximum absolute atomic E-state index is 12.4. The molecule has 4 heteroatoms. The van der Waals surface area contributed by atoms with E-state index in [-0.39, 0.29) is 11.4 Å². The normalized spacial score (nSPS) is 11.2. The van der Waals surface area contributed by atoms with Crippen LogP contribution in [0.1, 0.15) is 56.1 Å². The van der Waals surface area contributed by atoms with Gasteiger partial charge in [-0.05, 0) is 32.3 Å². The van der Waals surface area contributed by atoms with E-state index in [4.69, 9.17) is 0 Å². The molecule has 0 saturated heterocycles. The number of rotatable bonds is 6. The van der Waals surface area contributed by atoms with Crippen LogP contribution in [0.3, 0.4) is 0 Å². The van der Waals surface area contributed by atoms with E-state index in [2.05, 4.69) is 36.4 Å². The second kappa shape index (κ2) is 6.55. The SMILES string of the molecule is CCC(CC)(CC)NC(=O)c1cnc(C)cc1NC. The zero-order valence-electron chi connectivity index (χ0n) is 12.6. The molecule has 0 aliphatic heterocycles. The zero-order chi connectivity index (χ0) is 14.5.